The summed E-state index contributed by atoms with van der Waals surface area (Å²) in [5, 5.41) is 3.97. The van der Waals surface area contributed by atoms with Crippen LogP contribution in [0.15, 0.2) is 88.6 Å². The van der Waals surface area contributed by atoms with E-state index < -0.39 is 10.0 Å². The number of benzene rings is 2. The Hall–Kier alpha value is -2.87. The third kappa shape index (κ3) is 4.59. The second-order valence-corrected chi connectivity index (χ2v) is 8.96. The van der Waals surface area contributed by atoms with Gasteiger partial charge in [0.05, 0.1) is 10.6 Å². The van der Waals surface area contributed by atoms with Gasteiger partial charge in [-0.05, 0) is 64.5 Å². The molecule has 4 aromatic rings. The fourth-order valence-electron chi connectivity index (χ4n) is 2.88. The first-order valence-electron chi connectivity index (χ1n) is 8.84. The summed E-state index contributed by atoms with van der Waals surface area (Å²) < 4.78 is 41.0. The van der Waals surface area contributed by atoms with Crippen molar-refractivity contribution >= 4 is 21.4 Å². The molecule has 29 heavy (non-hydrogen) atoms. The third-order valence-electron chi connectivity index (χ3n) is 4.45. The lowest BCUT2D eigenvalue weighted by Crippen LogP contribution is -2.23. The predicted octanol–water partition coefficient (Wildman–Crippen LogP) is 5.09. The van der Waals surface area contributed by atoms with Crippen LogP contribution >= 0.6 is 11.3 Å². The van der Waals surface area contributed by atoms with E-state index in [0.717, 1.165) is 27.9 Å². The van der Waals surface area contributed by atoms with Crippen molar-refractivity contribution in [3.05, 3.63) is 95.1 Å². The summed E-state index contributed by atoms with van der Waals surface area (Å²) >= 11 is 1.59. The number of pyridine rings is 1. The molecule has 0 aliphatic heterocycles. The summed E-state index contributed by atoms with van der Waals surface area (Å²) in [5.41, 5.74) is 4.29. The molecule has 0 saturated heterocycles. The van der Waals surface area contributed by atoms with E-state index in [4.69, 9.17) is 0 Å². The van der Waals surface area contributed by atoms with Crippen LogP contribution in [0, 0.1) is 5.82 Å². The SMILES string of the molecule is O=S(=O)(NCc1ccnc(-c2ccsc2)c1)c1ccc(-c2ccc(F)cc2)cc1. The highest BCUT2D eigenvalue weighted by molar-refractivity contribution is 7.89. The van der Waals surface area contributed by atoms with Crippen LogP contribution in [-0.2, 0) is 16.6 Å². The van der Waals surface area contributed by atoms with Gasteiger partial charge in [0.2, 0.25) is 10.0 Å². The molecular formula is C22H17FN2O2S2. The van der Waals surface area contributed by atoms with E-state index in [2.05, 4.69) is 9.71 Å². The number of sulfonamides is 1. The molecule has 146 valence electrons. The summed E-state index contributed by atoms with van der Waals surface area (Å²) in [6.45, 7) is 0.168. The van der Waals surface area contributed by atoms with Gasteiger partial charge in [0.25, 0.3) is 0 Å². The molecule has 0 amide bonds. The molecule has 1 N–H and O–H groups in total. The van der Waals surface area contributed by atoms with Crippen molar-refractivity contribution in [1.82, 2.24) is 9.71 Å². The van der Waals surface area contributed by atoms with Crippen molar-refractivity contribution in [3.8, 4) is 22.4 Å². The summed E-state index contributed by atoms with van der Waals surface area (Å²) in [5.74, 6) is -0.310. The molecule has 0 spiro atoms. The Morgan fingerprint density at radius 2 is 1.59 bits per heavy atom. The van der Waals surface area contributed by atoms with Crippen LogP contribution in [0.25, 0.3) is 22.4 Å². The normalized spacial score (nSPS) is 11.5. The Morgan fingerprint density at radius 3 is 2.24 bits per heavy atom. The van der Waals surface area contributed by atoms with Gasteiger partial charge in [0.15, 0.2) is 0 Å². The second kappa shape index (κ2) is 8.24. The van der Waals surface area contributed by atoms with Gasteiger partial charge in [0, 0.05) is 23.7 Å². The first-order valence-corrected chi connectivity index (χ1v) is 11.3. The van der Waals surface area contributed by atoms with Crippen molar-refractivity contribution < 1.29 is 12.8 Å². The Bertz CT molecular complexity index is 1200. The number of rotatable bonds is 6. The van der Waals surface area contributed by atoms with Crippen molar-refractivity contribution in [2.45, 2.75) is 11.4 Å². The van der Waals surface area contributed by atoms with Crippen LogP contribution in [-0.4, -0.2) is 13.4 Å². The maximum Gasteiger partial charge on any atom is 0.240 e. The molecule has 2 aromatic heterocycles. The minimum Gasteiger partial charge on any atom is -0.256 e. The summed E-state index contributed by atoms with van der Waals surface area (Å²) in [7, 11) is -3.66. The number of hydrogen-bond acceptors (Lipinski definition) is 4. The number of nitrogens with zero attached hydrogens (tertiary/aromatic N) is 1. The maximum absolute atomic E-state index is 13.1. The average Bonchev–Trinajstić information content (AvgIpc) is 3.28. The zero-order chi connectivity index (χ0) is 20.3. The summed E-state index contributed by atoms with van der Waals surface area (Å²) in [6.07, 6.45) is 1.67. The van der Waals surface area contributed by atoms with E-state index >= 15 is 0 Å². The molecule has 0 atom stereocenters. The van der Waals surface area contributed by atoms with E-state index in [0.29, 0.717) is 0 Å². The van der Waals surface area contributed by atoms with E-state index in [1.165, 1.54) is 12.1 Å². The van der Waals surface area contributed by atoms with Gasteiger partial charge in [-0.1, -0.05) is 24.3 Å². The zero-order valence-corrected chi connectivity index (χ0v) is 16.9. The molecule has 0 radical (unpaired) electrons. The number of halogens is 1. The highest BCUT2D eigenvalue weighted by Gasteiger charge is 2.14. The highest BCUT2D eigenvalue weighted by atomic mass is 32.2. The van der Waals surface area contributed by atoms with Crippen molar-refractivity contribution in [3.63, 3.8) is 0 Å². The van der Waals surface area contributed by atoms with E-state index in [1.807, 2.05) is 22.9 Å². The fraction of sp³-hybridized carbons (Fsp3) is 0.0455. The topological polar surface area (TPSA) is 59.1 Å². The Kier molecular flexibility index (Phi) is 5.53. The van der Waals surface area contributed by atoms with Crippen molar-refractivity contribution in [1.29, 1.82) is 0 Å². The van der Waals surface area contributed by atoms with Gasteiger partial charge in [-0.2, -0.15) is 11.3 Å². The smallest absolute Gasteiger partial charge is 0.240 e. The van der Waals surface area contributed by atoms with Gasteiger partial charge >= 0.3 is 0 Å². The molecule has 4 nitrogen and oxygen atoms in total. The number of nitrogens with one attached hydrogen (secondary N) is 1. The molecule has 0 aliphatic rings. The van der Waals surface area contributed by atoms with Crippen LogP contribution in [0.3, 0.4) is 0 Å². The molecule has 2 heterocycles. The Balaban J connectivity index is 1.48. The Labute approximate surface area is 172 Å². The van der Waals surface area contributed by atoms with Gasteiger partial charge in [-0.3, -0.25) is 4.98 Å². The third-order valence-corrected chi connectivity index (χ3v) is 6.55. The molecule has 4 rings (SSSR count). The van der Waals surface area contributed by atoms with Crippen LogP contribution in [0.2, 0.25) is 0 Å². The first kappa shape index (κ1) is 19.4. The second-order valence-electron chi connectivity index (χ2n) is 6.42. The van der Waals surface area contributed by atoms with Crippen LogP contribution in [0.4, 0.5) is 4.39 Å². The largest absolute Gasteiger partial charge is 0.256 e. The molecule has 2 aromatic carbocycles. The van der Waals surface area contributed by atoms with Crippen LogP contribution in [0.5, 0.6) is 0 Å². The number of hydrogen-bond donors (Lipinski definition) is 1. The van der Waals surface area contributed by atoms with Gasteiger partial charge in [-0.15, -0.1) is 0 Å². The molecule has 0 unspecified atom stereocenters. The standard InChI is InChI=1S/C22H17FN2O2S2/c23-20-5-1-17(2-6-20)18-3-7-21(8-4-18)29(26,27)25-14-16-9-11-24-22(13-16)19-10-12-28-15-19/h1-13,15,25H,14H2. The molecule has 7 heteroatoms. The Morgan fingerprint density at radius 1 is 0.897 bits per heavy atom. The van der Waals surface area contributed by atoms with E-state index in [-0.39, 0.29) is 17.3 Å². The molecule has 0 fully saturated rings. The minimum atomic E-state index is -3.66. The number of aromatic nitrogens is 1. The highest BCUT2D eigenvalue weighted by Crippen LogP contribution is 2.23. The molecule has 0 aliphatic carbocycles. The van der Waals surface area contributed by atoms with Gasteiger partial charge in [-0.25, -0.2) is 17.5 Å². The zero-order valence-electron chi connectivity index (χ0n) is 15.2. The van der Waals surface area contributed by atoms with Crippen molar-refractivity contribution in [2.24, 2.45) is 0 Å². The lowest BCUT2D eigenvalue weighted by atomic mass is 10.1. The molecule has 0 saturated carbocycles. The minimum absolute atomic E-state index is 0.168. The first-order chi connectivity index (χ1) is 14.0. The van der Waals surface area contributed by atoms with Crippen LogP contribution < -0.4 is 4.72 Å². The maximum atomic E-state index is 13.1. The lowest BCUT2D eigenvalue weighted by molar-refractivity contribution is 0.581. The van der Waals surface area contributed by atoms with E-state index in [1.54, 1.807) is 60.0 Å². The van der Waals surface area contributed by atoms with Gasteiger partial charge in [0.1, 0.15) is 5.82 Å². The van der Waals surface area contributed by atoms with Crippen LogP contribution in [0.1, 0.15) is 5.56 Å². The summed E-state index contributed by atoms with van der Waals surface area (Å²) in [4.78, 5) is 4.51. The average molecular weight is 425 g/mol. The fourth-order valence-corrected chi connectivity index (χ4v) is 4.55. The quantitative estimate of drug-likeness (QED) is 0.469. The van der Waals surface area contributed by atoms with Crippen molar-refractivity contribution in [2.75, 3.05) is 0 Å². The van der Waals surface area contributed by atoms with E-state index in [9.17, 15) is 12.8 Å². The monoisotopic (exact) mass is 424 g/mol. The summed E-state index contributed by atoms with van der Waals surface area (Å²) in [6, 6.07) is 18.2. The predicted molar refractivity (Wildman–Crippen MR) is 113 cm³/mol. The molecule has 0 bridgehead atoms. The van der Waals surface area contributed by atoms with Gasteiger partial charge < -0.3 is 0 Å². The molecular weight excluding hydrogens is 407 g/mol. The number of thiophene rings is 1. The lowest BCUT2D eigenvalue weighted by Gasteiger charge is -2.09.